The number of nitrogens with zero attached hydrogens (tertiary/aromatic N) is 6. The Morgan fingerprint density at radius 3 is 2.78 bits per heavy atom. The number of pyridine rings is 1. The lowest BCUT2D eigenvalue weighted by Gasteiger charge is -2.24. The summed E-state index contributed by atoms with van der Waals surface area (Å²) in [5, 5.41) is 11.0. The number of likely N-dealkylation sites (tertiary alicyclic amines) is 1. The van der Waals surface area contributed by atoms with Gasteiger partial charge in [0, 0.05) is 54.7 Å². The molecule has 3 aromatic heterocycles. The van der Waals surface area contributed by atoms with E-state index in [1.54, 1.807) is 23.1 Å². The van der Waals surface area contributed by atoms with E-state index in [1.807, 2.05) is 24.3 Å². The highest BCUT2D eigenvalue weighted by Gasteiger charge is 2.26. The Balaban J connectivity index is 0.00000304. The standard InChI is InChI=1S/C26H29ClN6O2.ClH/c1-2-4-24-29-25(35-31-24)11-14-32-13-3-5-20(32)17-33-26(34)21-10-12-28-16-22(21)23(30-33)15-18-6-8-19(27)9-7-18;/h6-10,12,16,20H,2-5,11,13-15,17H2,1H3;1H/t20-;/m1./s1. The fourth-order valence-corrected chi connectivity index (χ4v) is 4.92. The minimum atomic E-state index is -0.0739. The Bertz CT molecular complexity index is 1350. The summed E-state index contributed by atoms with van der Waals surface area (Å²) in [6.45, 7) is 4.47. The number of benzene rings is 1. The molecule has 0 amide bonds. The Morgan fingerprint density at radius 1 is 1.14 bits per heavy atom. The van der Waals surface area contributed by atoms with Gasteiger partial charge in [0.25, 0.3) is 5.56 Å². The van der Waals surface area contributed by atoms with Gasteiger partial charge in [-0.2, -0.15) is 10.1 Å². The van der Waals surface area contributed by atoms with Gasteiger partial charge in [0.2, 0.25) is 5.89 Å². The second kappa shape index (κ2) is 12.0. The van der Waals surface area contributed by atoms with Crippen molar-refractivity contribution in [3.63, 3.8) is 0 Å². The van der Waals surface area contributed by atoms with Crippen molar-refractivity contribution in [2.45, 2.75) is 58.0 Å². The summed E-state index contributed by atoms with van der Waals surface area (Å²) >= 11 is 6.06. The van der Waals surface area contributed by atoms with Crippen molar-refractivity contribution in [1.29, 1.82) is 0 Å². The van der Waals surface area contributed by atoms with Crippen molar-refractivity contribution >= 4 is 34.8 Å². The molecular weight excluding hydrogens is 499 g/mol. The van der Waals surface area contributed by atoms with Gasteiger partial charge in [0.05, 0.1) is 17.6 Å². The van der Waals surface area contributed by atoms with Crippen molar-refractivity contribution < 1.29 is 4.52 Å². The molecule has 5 rings (SSSR count). The highest BCUT2D eigenvalue weighted by molar-refractivity contribution is 6.30. The first-order valence-corrected chi connectivity index (χ1v) is 12.6. The third kappa shape index (κ3) is 5.94. The largest absolute Gasteiger partial charge is 0.339 e. The second-order valence-electron chi connectivity index (χ2n) is 9.09. The lowest BCUT2D eigenvalue weighted by atomic mass is 10.1. The van der Waals surface area contributed by atoms with E-state index in [4.69, 9.17) is 21.2 Å². The zero-order valence-electron chi connectivity index (χ0n) is 20.3. The third-order valence-corrected chi connectivity index (χ3v) is 6.85. The van der Waals surface area contributed by atoms with Gasteiger partial charge in [-0.3, -0.25) is 14.7 Å². The SMILES string of the molecule is CCCc1noc(CCN2CCC[C@@H]2Cn2nc(Cc3ccc(Cl)cc3)c3cnccc3c2=O)n1.Cl. The van der Waals surface area contributed by atoms with Crippen molar-refractivity contribution in [1.82, 2.24) is 29.8 Å². The van der Waals surface area contributed by atoms with Crippen LogP contribution in [-0.2, 0) is 25.8 Å². The Kier molecular flexibility index (Phi) is 8.72. The molecule has 1 saturated heterocycles. The van der Waals surface area contributed by atoms with Crippen molar-refractivity contribution in [2.24, 2.45) is 0 Å². The van der Waals surface area contributed by atoms with Crippen LogP contribution in [0.5, 0.6) is 0 Å². The highest BCUT2D eigenvalue weighted by Crippen LogP contribution is 2.21. The molecule has 10 heteroatoms. The van der Waals surface area contributed by atoms with Crippen LogP contribution < -0.4 is 5.56 Å². The van der Waals surface area contributed by atoms with Crippen LogP contribution in [0.3, 0.4) is 0 Å². The molecule has 0 spiro atoms. The van der Waals surface area contributed by atoms with Gasteiger partial charge in [0.15, 0.2) is 5.82 Å². The first-order valence-electron chi connectivity index (χ1n) is 12.2. The molecule has 190 valence electrons. The molecule has 4 aromatic rings. The van der Waals surface area contributed by atoms with E-state index in [0.29, 0.717) is 35.7 Å². The molecule has 1 aliphatic rings. The minimum absolute atomic E-state index is 0. The van der Waals surface area contributed by atoms with Gasteiger partial charge < -0.3 is 4.52 Å². The van der Waals surface area contributed by atoms with Crippen LogP contribution in [0.25, 0.3) is 10.8 Å². The van der Waals surface area contributed by atoms with Crippen LogP contribution in [-0.4, -0.2) is 48.9 Å². The molecule has 8 nitrogen and oxygen atoms in total. The summed E-state index contributed by atoms with van der Waals surface area (Å²) < 4.78 is 7.05. The topological polar surface area (TPSA) is 89.9 Å². The average molecular weight is 529 g/mol. The van der Waals surface area contributed by atoms with Crippen molar-refractivity contribution in [3.05, 3.63) is 81.1 Å². The molecule has 0 N–H and O–H groups in total. The zero-order valence-corrected chi connectivity index (χ0v) is 21.8. The Labute approximate surface area is 221 Å². The molecule has 1 aromatic carbocycles. The quantitative estimate of drug-likeness (QED) is 0.315. The lowest BCUT2D eigenvalue weighted by molar-refractivity contribution is 0.219. The fourth-order valence-electron chi connectivity index (χ4n) is 4.80. The zero-order chi connectivity index (χ0) is 24.2. The molecule has 1 fully saturated rings. The van der Waals surface area contributed by atoms with E-state index in [2.05, 4.69) is 26.9 Å². The van der Waals surface area contributed by atoms with Crippen LogP contribution in [0.15, 0.2) is 52.0 Å². The summed E-state index contributed by atoms with van der Waals surface area (Å²) in [6.07, 6.45) is 8.67. The van der Waals surface area contributed by atoms with E-state index in [1.165, 1.54) is 0 Å². The van der Waals surface area contributed by atoms with Crippen molar-refractivity contribution in [3.8, 4) is 0 Å². The molecule has 0 aliphatic carbocycles. The van der Waals surface area contributed by atoms with Gasteiger partial charge in [-0.15, -0.1) is 12.4 Å². The molecule has 1 atom stereocenters. The number of hydrogen-bond acceptors (Lipinski definition) is 7. The predicted octanol–water partition coefficient (Wildman–Crippen LogP) is 4.50. The number of fused-ring (bicyclic) bond motifs is 1. The molecule has 0 bridgehead atoms. The number of rotatable bonds is 9. The highest BCUT2D eigenvalue weighted by atomic mass is 35.5. The van der Waals surface area contributed by atoms with Crippen LogP contribution in [0.1, 0.15) is 49.2 Å². The summed E-state index contributed by atoms with van der Waals surface area (Å²) in [5.74, 6) is 1.45. The van der Waals surface area contributed by atoms with Crippen LogP contribution in [0, 0.1) is 0 Å². The van der Waals surface area contributed by atoms with Crippen LogP contribution >= 0.6 is 24.0 Å². The van der Waals surface area contributed by atoms with E-state index >= 15 is 0 Å². The predicted molar refractivity (Wildman–Crippen MR) is 142 cm³/mol. The molecule has 36 heavy (non-hydrogen) atoms. The number of hydrogen-bond donors (Lipinski definition) is 0. The van der Waals surface area contributed by atoms with Gasteiger partial charge >= 0.3 is 0 Å². The second-order valence-corrected chi connectivity index (χ2v) is 9.53. The monoisotopic (exact) mass is 528 g/mol. The Morgan fingerprint density at radius 2 is 1.97 bits per heavy atom. The number of aromatic nitrogens is 5. The van der Waals surface area contributed by atoms with E-state index in [0.717, 1.165) is 61.2 Å². The van der Waals surface area contributed by atoms with Gasteiger partial charge in [-0.1, -0.05) is 35.8 Å². The van der Waals surface area contributed by atoms with Crippen molar-refractivity contribution in [2.75, 3.05) is 13.1 Å². The molecule has 0 saturated carbocycles. The molecule has 1 aliphatic heterocycles. The summed E-state index contributed by atoms with van der Waals surface area (Å²) in [5.41, 5.74) is 1.85. The molecule has 4 heterocycles. The van der Waals surface area contributed by atoms with E-state index in [-0.39, 0.29) is 24.0 Å². The molecule has 0 unspecified atom stereocenters. The van der Waals surface area contributed by atoms with Crippen LogP contribution in [0.2, 0.25) is 5.02 Å². The lowest BCUT2D eigenvalue weighted by Crippen LogP contribution is -2.38. The van der Waals surface area contributed by atoms with E-state index < -0.39 is 0 Å². The van der Waals surface area contributed by atoms with Crippen LogP contribution in [0.4, 0.5) is 0 Å². The molecular formula is C26H30Cl2N6O2. The number of aryl methyl sites for hydroxylation is 1. The first kappa shape index (κ1) is 26.3. The fraction of sp³-hybridized carbons (Fsp3) is 0.423. The number of halogens is 2. The summed E-state index contributed by atoms with van der Waals surface area (Å²) in [4.78, 5) is 24.5. The van der Waals surface area contributed by atoms with Gasteiger partial charge in [-0.25, -0.2) is 4.68 Å². The summed E-state index contributed by atoms with van der Waals surface area (Å²) in [7, 11) is 0. The maximum absolute atomic E-state index is 13.3. The van der Waals surface area contributed by atoms with Gasteiger partial charge in [-0.05, 0) is 49.6 Å². The first-order chi connectivity index (χ1) is 17.1. The minimum Gasteiger partial charge on any atom is -0.339 e. The normalized spacial score (nSPS) is 15.9. The molecule has 0 radical (unpaired) electrons. The Hall–Kier alpha value is -2.81. The smallest absolute Gasteiger partial charge is 0.274 e. The average Bonchev–Trinajstić information content (AvgIpc) is 3.51. The maximum Gasteiger partial charge on any atom is 0.274 e. The maximum atomic E-state index is 13.3. The third-order valence-electron chi connectivity index (χ3n) is 6.60. The summed E-state index contributed by atoms with van der Waals surface area (Å²) in [6, 6.07) is 9.75. The van der Waals surface area contributed by atoms with Gasteiger partial charge in [0.1, 0.15) is 0 Å². The van der Waals surface area contributed by atoms with E-state index in [9.17, 15) is 4.79 Å².